The van der Waals surface area contributed by atoms with Gasteiger partial charge in [0.05, 0.1) is 38.3 Å². The number of methoxy groups -OCH3 is 2. The molecule has 15 heavy (non-hydrogen) atoms. The van der Waals surface area contributed by atoms with Crippen molar-refractivity contribution in [2.75, 3.05) is 14.2 Å². The van der Waals surface area contributed by atoms with E-state index in [9.17, 15) is 9.59 Å². The van der Waals surface area contributed by atoms with Gasteiger partial charge in [0, 0.05) is 0 Å². The van der Waals surface area contributed by atoms with Gasteiger partial charge in [0.25, 0.3) is 0 Å². The molecule has 1 aliphatic rings. The number of hydrogen-bond donors (Lipinski definition) is 0. The van der Waals surface area contributed by atoms with Crippen LogP contribution in [0.2, 0.25) is 0 Å². The third kappa shape index (κ3) is 2.12. The Morgan fingerprint density at radius 2 is 1.27 bits per heavy atom. The maximum Gasteiger partial charge on any atom is 0.312 e. The topological polar surface area (TPSA) is 61.8 Å². The number of carbonyl (C=O) groups is 2. The normalized spacial score (nSPS) is 34.9. The Balaban J connectivity index is 2.89. The first kappa shape index (κ1) is 12.0. The predicted molar refractivity (Wildman–Crippen MR) is 51.0 cm³/mol. The summed E-state index contributed by atoms with van der Waals surface area (Å²) in [6, 6.07) is 0. The summed E-state index contributed by atoms with van der Waals surface area (Å²) in [7, 11) is 2.60. The SMILES string of the molecule is COC(=O)C1C(C)OC(C)C1C(=O)OC. The zero-order valence-electron chi connectivity index (χ0n) is 9.35. The quantitative estimate of drug-likeness (QED) is 0.624. The van der Waals surface area contributed by atoms with Gasteiger partial charge in [0.2, 0.25) is 0 Å². The Morgan fingerprint density at radius 1 is 0.933 bits per heavy atom. The molecule has 0 spiro atoms. The van der Waals surface area contributed by atoms with E-state index in [4.69, 9.17) is 4.74 Å². The molecule has 1 saturated heterocycles. The van der Waals surface area contributed by atoms with Gasteiger partial charge in [-0.1, -0.05) is 0 Å². The van der Waals surface area contributed by atoms with Crippen LogP contribution in [0.1, 0.15) is 13.8 Å². The number of hydrogen-bond acceptors (Lipinski definition) is 5. The molecule has 0 radical (unpaired) electrons. The molecule has 0 aromatic rings. The van der Waals surface area contributed by atoms with Gasteiger partial charge in [-0.3, -0.25) is 9.59 Å². The lowest BCUT2D eigenvalue weighted by Gasteiger charge is -2.17. The van der Waals surface area contributed by atoms with Crippen LogP contribution >= 0.6 is 0 Å². The zero-order chi connectivity index (χ0) is 11.6. The van der Waals surface area contributed by atoms with Crippen molar-refractivity contribution in [3.8, 4) is 0 Å². The fourth-order valence-corrected chi connectivity index (χ4v) is 2.04. The molecule has 1 rings (SSSR count). The van der Waals surface area contributed by atoms with Crippen LogP contribution in [0, 0.1) is 11.8 Å². The third-order valence-electron chi connectivity index (χ3n) is 2.77. The third-order valence-corrected chi connectivity index (χ3v) is 2.77. The van der Waals surface area contributed by atoms with Crippen molar-refractivity contribution in [3.63, 3.8) is 0 Å². The molecule has 0 aliphatic carbocycles. The van der Waals surface area contributed by atoms with E-state index in [0.717, 1.165) is 0 Å². The Hall–Kier alpha value is -1.10. The largest absolute Gasteiger partial charge is 0.469 e. The first-order valence-corrected chi connectivity index (χ1v) is 4.84. The molecule has 0 saturated carbocycles. The fraction of sp³-hybridized carbons (Fsp3) is 0.800. The number of esters is 2. The van der Waals surface area contributed by atoms with Crippen molar-refractivity contribution in [2.45, 2.75) is 26.1 Å². The fourth-order valence-electron chi connectivity index (χ4n) is 2.04. The van der Waals surface area contributed by atoms with Crippen LogP contribution in [0.4, 0.5) is 0 Å². The van der Waals surface area contributed by atoms with E-state index in [1.807, 2.05) is 0 Å². The second-order valence-electron chi connectivity index (χ2n) is 3.64. The second kappa shape index (κ2) is 4.61. The maximum absolute atomic E-state index is 11.5. The zero-order valence-corrected chi connectivity index (χ0v) is 9.35. The average molecular weight is 216 g/mol. The van der Waals surface area contributed by atoms with E-state index in [1.165, 1.54) is 14.2 Å². The van der Waals surface area contributed by atoms with E-state index in [2.05, 4.69) is 9.47 Å². The molecule has 0 amide bonds. The summed E-state index contributed by atoms with van der Waals surface area (Å²) >= 11 is 0. The van der Waals surface area contributed by atoms with Crippen LogP contribution < -0.4 is 0 Å². The molecule has 0 N–H and O–H groups in total. The van der Waals surface area contributed by atoms with Crippen molar-refractivity contribution in [1.29, 1.82) is 0 Å². The number of ether oxygens (including phenoxy) is 3. The minimum Gasteiger partial charge on any atom is -0.469 e. The summed E-state index contributed by atoms with van der Waals surface area (Å²) in [5, 5.41) is 0. The molecule has 0 aromatic heterocycles. The molecular formula is C10H16O5. The summed E-state index contributed by atoms with van der Waals surface area (Å²) in [5.74, 6) is -2.00. The van der Waals surface area contributed by atoms with Gasteiger partial charge < -0.3 is 14.2 Å². The summed E-state index contributed by atoms with van der Waals surface area (Å²) in [6.07, 6.45) is -0.645. The van der Waals surface area contributed by atoms with E-state index >= 15 is 0 Å². The van der Waals surface area contributed by atoms with Crippen LogP contribution in [-0.4, -0.2) is 38.4 Å². The minimum atomic E-state index is -0.572. The van der Waals surface area contributed by atoms with Crippen LogP contribution in [0.3, 0.4) is 0 Å². The lowest BCUT2D eigenvalue weighted by Crippen LogP contribution is -2.35. The van der Waals surface area contributed by atoms with E-state index in [1.54, 1.807) is 13.8 Å². The van der Waals surface area contributed by atoms with Crippen LogP contribution in [-0.2, 0) is 23.8 Å². The van der Waals surface area contributed by atoms with E-state index in [-0.39, 0.29) is 12.2 Å². The smallest absolute Gasteiger partial charge is 0.312 e. The molecule has 4 unspecified atom stereocenters. The average Bonchev–Trinajstić information content (AvgIpc) is 2.51. The van der Waals surface area contributed by atoms with Gasteiger partial charge >= 0.3 is 11.9 Å². The number of rotatable bonds is 2. The van der Waals surface area contributed by atoms with Crippen molar-refractivity contribution in [2.24, 2.45) is 11.8 Å². The molecule has 5 heteroatoms. The maximum atomic E-state index is 11.5. The minimum absolute atomic E-state index is 0.323. The highest BCUT2D eigenvalue weighted by Gasteiger charge is 2.49. The highest BCUT2D eigenvalue weighted by Crippen LogP contribution is 2.34. The molecule has 4 atom stereocenters. The Labute approximate surface area is 88.7 Å². The molecule has 0 bridgehead atoms. The van der Waals surface area contributed by atoms with Gasteiger partial charge in [-0.15, -0.1) is 0 Å². The van der Waals surface area contributed by atoms with Crippen LogP contribution in [0.15, 0.2) is 0 Å². The van der Waals surface area contributed by atoms with Gasteiger partial charge in [0.1, 0.15) is 0 Å². The van der Waals surface area contributed by atoms with Crippen molar-refractivity contribution >= 4 is 11.9 Å². The van der Waals surface area contributed by atoms with E-state index in [0.29, 0.717) is 0 Å². The van der Waals surface area contributed by atoms with Gasteiger partial charge in [-0.2, -0.15) is 0 Å². The first-order valence-electron chi connectivity index (χ1n) is 4.84. The first-order chi connectivity index (χ1) is 7.02. The predicted octanol–water partition coefficient (Wildman–Crippen LogP) is 0.372. The summed E-state index contributed by atoms with van der Waals surface area (Å²) in [4.78, 5) is 23.0. The lowest BCUT2D eigenvalue weighted by molar-refractivity contribution is -0.156. The Morgan fingerprint density at radius 3 is 1.53 bits per heavy atom. The molecule has 86 valence electrons. The summed E-state index contributed by atoms with van der Waals surface area (Å²) in [5.41, 5.74) is 0. The highest BCUT2D eigenvalue weighted by molar-refractivity contribution is 5.83. The van der Waals surface area contributed by atoms with Gasteiger partial charge in [-0.25, -0.2) is 0 Å². The van der Waals surface area contributed by atoms with Crippen molar-refractivity contribution in [1.82, 2.24) is 0 Å². The monoisotopic (exact) mass is 216 g/mol. The van der Waals surface area contributed by atoms with Gasteiger partial charge in [0.15, 0.2) is 0 Å². The van der Waals surface area contributed by atoms with Crippen LogP contribution in [0.5, 0.6) is 0 Å². The summed E-state index contributed by atoms with van der Waals surface area (Å²) in [6.45, 7) is 3.50. The molecule has 1 heterocycles. The Kier molecular flexibility index (Phi) is 3.68. The highest BCUT2D eigenvalue weighted by atomic mass is 16.5. The van der Waals surface area contributed by atoms with Crippen molar-refractivity contribution < 1.29 is 23.8 Å². The summed E-state index contributed by atoms with van der Waals surface area (Å²) < 4.78 is 14.7. The standard InChI is InChI=1S/C10H16O5/c1-5-7(9(11)13-3)8(6(2)15-5)10(12)14-4/h5-8H,1-4H3. The molecule has 5 nitrogen and oxygen atoms in total. The second-order valence-corrected chi connectivity index (χ2v) is 3.64. The van der Waals surface area contributed by atoms with Crippen LogP contribution in [0.25, 0.3) is 0 Å². The van der Waals surface area contributed by atoms with E-state index < -0.39 is 23.8 Å². The van der Waals surface area contributed by atoms with Gasteiger partial charge in [-0.05, 0) is 13.8 Å². The van der Waals surface area contributed by atoms with Crippen molar-refractivity contribution in [3.05, 3.63) is 0 Å². The Bertz CT molecular complexity index is 237. The number of carbonyl (C=O) groups excluding carboxylic acids is 2. The lowest BCUT2D eigenvalue weighted by atomic mass is 9.88. The molecule has 1 fully saturated rings. The molecular weight excluding hydrogens is 200 g/mol. The molecule has 1 aliphatic heterocycles. The molecule has 0 aromatic carbocycles.